The Labute approximate surface area is 80.3 Å². The van der Waals surface area contributed by atoms with Gasteiger partial charge in [-0.1, -0.05) is 13.8 Å². The smallest absolute Gasteiger partial charge is 0.222 e. The van der Waals surface area contributed by atoms with Gasteiger partial charge in [0.25, 0.3) is 0 Å². The second kappa shape index (κ2) is 9.03. The molecule has 2 amide bonds. The normalized spacial score (nSPS) is 8.08. The van der Waals surface area contributed by atoms with Gasteiger partial charge in [-0.25, -0.2) is 0 Å². The summed E-state index contributed by atoms with van der Waals surface area (Å²) in [6.45, 7) is 4.00. The van der Waals surface area contributed by atoms with E-state index in [9.17, 15) is 9.59 Å². The Morgan fingerprint density at radius 3 is 1.92 bits per heavy atom. The first-order chi connectivity index (χ1) is 6.07. The van der Waals surface area contributed by atoms with Crippen molar-refractivity contribution in [1.82, 2.24) is 10.2 Å². The average molecular weight is 188 g/mol. The number of nitrogens with one attached hydrogen (secondary N) is 1. The van der Waals surface area contributed by atoms with E-state index in [0.717, 1.165) is 0 Å². The Kier molecular flexibility index (Phi) is 10.0. The van der Waals surface area contributed by atoms with Crippen LogP contribution in [0.25, 0.3) is 0 Å². The zero-order valence-electron chi connectivity index (χ0n) is 9.18. The summed E-state index contributed by atoms with van der Waals surface area (Å²) in [5.74, 6) is -0.117. The van der Waals surface area contributed by atoms with Gasteiger partial charge in [0.2, 0.25) is 11.8 Å². The summed E-state index contributed by atoms with van der Waals surface area (Å²) in [5.41, 5.74) is 0. The molecule has 0 atom stereocenters. The van der Waals surface area contributed by atoms with Crippen LogP contribution in [-0.2, 0) is 9.59 Å². The SMILES string of the molecule is CC.CNC(=O)CCC(=O)N(C)C. The van der Waals surface area contributed by atoms with E-state index >= 15 is 0 Å². The fourth-order valence-corrected chi connectivity index (χ4v) is 0.569. The summed E-state index contributed by atoms with van der Waals surface area (Å²) >= 11 is 0. The molecule has 0 unspecified atom stereocenters. The molecule has 0 rings (SSSR count). The van der Waals surface area contributed by atoms with Crippen LogP contribution >= 0.6 is 0 Å². The molecule has 0 radical (unpaired) electrons. The molecule has 4 nitrogen and oxygen atoms in total. The third-order valence-electron chi connectivity index (χ3n) is 1.34. The topological polar surface area (TPSA) is 49.4 Å². The molecule has 0 aromatic rings. The van der Waals surface area contributed by atoms with E-state index < -0.39 is 0 Å². The number of carbonyl (C=O) groups is 2. The van der Waals surface area contributed by atoms with E-state index in [1.165, 1.54) is 4.90 Å². The van der Waals surface area contributed by atoms with Crippen molar-refractivity contribution < 1.29 is 9.59 Å². The Hall–Kier alpha value is -1.06. The van der Waals surface area contributed by atoms with E-state index in [-0.39, 0.29) is 24.7 Å². The first kappa shape index (κ1) is 14.5. The van der Waals surface area contributed by atoms with Crippen LogP contribution in [0.15, 0.2) is 0 Å². The highest BCUT2D eigenvalue weighted by molar-refractivity contribution is 5.83. The standard InChI is InChI=1S/C7H14N2O2.C2H6/c1-8-6(10)4-5-7(11)9(2)3;1-2/h4-5H2,1-3H3,(H,8,10);1-2H3. The number of hydrogen-bond acceptors (Lipinski definition) is 2. The van der Waals surface area contributed by atoms with E-state index in [0.29, 0.717) is 0 Å². The number of amides is 2. The van der Waals surface area contributed by atoms with E-state index in [2.05, 4.69) is 5.32 Å². The predicted octanol–water partition coefficient (Wildman–Crippen LogP) is 0.627. The van der Waals surface area contributed by atoms with Crippen LogP contribution in [0, 0.1) is 0 Å². The van der Waals surface area contributed by atoms with Crippen LogP contribution in [0.5, 0.6) is 0 Å². The van der Waals surface area contributed by atoms with Gasteiger partial charge in [0, 0.05) is 34.0 Å². The van der Waals surface area contributed by atoms with Crippen LogP contribution in [-0.4, -0.2) is 37.9 Å². The third-order valence-corrected chi connectivity index (χ3v) is 1.34. The molecule has 0 bridgehead atoms. The van der Waals surface area contributed by atoms with Crippen molar-refractivity contribution in [3.63, 3.8) is 0 Å². The molecule has 0 saturated carbocycles. The van der Waals surface area contributed by atoms with Gasteiger partial charge >= 0.3 is 0 Å². The third kappa shape index (κ3) is 8.85. The number of hydrogen-bond donors (Lipinski definition) is 1. The molecular formula is C9H20N2O2. The highest BCUT2D eigenvalue weighted by Crippen LogP contribution is 1.92. The van der Waals surface area contributed by atoms with Gasteiger partial charge in [-0.2, -0.15) is 0 Å². The largest absolute Gasteiger partial charge is 0.359 e. The van der Waals surface area contributed by atoms with Crippen molar-refractivity contribution in [3.8, 4) is 0 Å². The monoisotopic (exact) mass is 188 g/mol. The lowest BCUT2D eigenvalue weighted by atomic mass is 10.3. The Morgan fingerprint density at radius 1 is 1.15 bits per heavy atom. The lowest BCUT2D eigenvalue weighted by Crippen LogP contribution is -2.25. The first-order valence-corrected chi connectivity index (χ1v) is 4.48. The molecule has 0 aliphatic heterocycles. The molecule has 0 spiro atoms. The fraction of sp³-hybridized carbons (Fsp3) is 0.778. The summed E-state index contributed by atoms with van der Waals surface area (Å²) in [5, 5.41) is 2.45. The molecule has 0 aliphatic rings. The summed E-state index contributed by atoms with van der Waals surface area (Å²) in [4.78, 5) is 23.0. The summed E-state index contributed by atoms with van der Waals surface area (Å²) in [6.07, 6.45) is 0.556. The molecular weight excluding hydrogens is 168 g/mol. The Bertz CT molecular complexity index is 156. The Balaban J connectivity index is 0. The van der Waals surface area contributed by atoms with Crippen LogP contribution < -0.4 is 5.32 Å². The van der Waals surface area contributed by atoms with Crippen molar-refractivity contribution in [2.24, 2.45) is 0 Å². The zero-order valence-corrected chi connectivity index (χ0v) is 9.18. The van der Waals surface area contributed by atoms with Crippen molar-refractivity contribution in [3.05, 3.63) is 0 Å². The van der Waals surface area contributed by atoms with Crippen LogP contribution in [0.1, 0.15) is 26.7 Å². The maximum absolute atomic E-state index is 10.9. The number of rotatable bonds is 3. The lowest BCUT2D eigenvalue weighted by molar-refractivity contribution is -0.131. The highest BCUT2D eigenvalue weighted by Gasteiger charge is 2.05. The predicted molar refractivity (Wildman–Crippen MR) is 53.3 cm³/mol. The van der Waals surface area contributed by atoms with Gasteiger partial charge in [0.15, 0.2) is 0 Å². The van der Waals surface area contributed by atoms with Gasteiger partial charge in [-0.15, -0.1) is 0 Å². The van der Waals surface area contributed by atoms with Gasteiger partial charge in [-0.05, 0) is 0 Å². The Morgan fingerprint density at radius 2 is 1.62 bits per heavy atom. The molecule has 0 saturated heterocycles. The average Bonchev–Trinajstić information content (AvgIpc) is 2.16. The van der Waals surface area contributed by atoms with Gasteiger partial charge in [0.1, 0.15) is 0 Å². The minimum Gasteiger partial charge on any atom is -0.359 e. The minimum absolute atomic E-state index is 0.0198. The van der Waals surface area contributed by atoms with Crippen molar-refractivity contribution >= 4 is 11.8 Å². The zero-order chi connectivity index (χ0) is 10.9. The van der Waals surface area contributed by atoms with Crippen LogP contribution in [0.3, 0.4) is 0 Å². The van der Waals surface area contributed by atoms with Crippen LogP contribution in [0.2, 0.25) is 0 Å². The van der Waals surface area contributed by atoms with E-state index in [4.69, 9.17) is 0 Å². The maximum Gasteiger partial charge on any atom is 0.222 e. The molecule has 0 aliphatic carbocycles. The van der Waals surface area contributed by atoms with Crippen LogP contribution in [0.4, 0.5) is 0 Å². The van der Waals surface area contributed by atoms with Gasteiger partial charge in [0.05, 0.1) is 0 Å². The molecule has 13 heavy (non-hydrogen) atoms. The summed E-state index contributed by atoms with van der Waals surface area (Å²) in [6, 6.07) is 0. The van der Waals surface area contributed by atoms with Crippen molar-refractivity contribution in [2.45, 2.75) is 26.7 Å². The molecule has 78 valence electrons. The fourth-order valence-electron chi connectivity index (χ4n) is 0.569. The van der Waals surface area contributed by atoms with E-state index in [1.807, 2.05) is 13.8 Å². The molecule has 0 fully saturated rings. The van der Waals surface area contributed by atoms with Crippen molar-refractivity contribution in [2.75, 3.05) is 21.1 Å². The van der Waals surface area contributed by atoms with Crippen molar-refractivity contribution in [1.29, 1.82) is 0 Å². The first-order valence-electron chi connectivity index (χ1n) is 4.48. The highest BCUT2D eigenvalue weighted by atomic mass is 16.2. The summed E-state index contributed by atoms with van der Waals surface area (Å²) in [7, 11) is 4.90. The van der Waals surface area contributed by atoms with Gasteiger partial charge in [-0.3, -0.25) is 9.59 Å². The number of nitrogens with zero attached hydrogens (tertiary/aromatic N) is 1. The molecule has 0 aromatic carbocycles. The van der Waals surface area contributed by atoms with Gasteiger partial charge < -0.3 is 10.2 Å². The minimum atomic E-state index is -0.0970. The molecule has 4 heteroatoms. The lowest BCUT2D eigenvalue weighted by Gasteiger charge is -2.08. The second-order valence-corrected chi connectivity index (χ2v) is 2.46. The molecule has 1 N–H and O–H groups in total. The maximum atomic E-state index is 10.9. The summed E-state index contributed by atoms with van der Waals surface area (Å²) < 4.78 is 0. The molecule has 0 heterocycles. The van der Waals surface area contributed by atoms with E-state index in [1.54, 1.807) is 21.1 Å². The second-order valence-electron chi connectivity index (χ2n) is 2.46. The number of carbonyl (C=O) groups excluding carboxylic acids is 2. The molecule has 0 aromatic heterocycles. The quantitative estimate of drug-likeness (QED) is 0.706.